The molecule has 0 saturated heterocycles. The lowest BCUT2D eigenvalue weighted by Gasteiger charge is -2.11. The van der Waals surface area contributed by atoms with Crippen molar-refractivity contribution in [1.82, 2.24) is 14.5 Å². The molecule has 5 heteroatoms. The van der Waals surface area contributed by atoms with E-state index in [2.05, 4.69) is 9.97 Å². The van der Waals surface area contributed by atoms with Gasteiger partial charge in [0.1, 0.15) is 11.3 Å². The SMILES string of the molecule is CCn1c(C(N)CCO)nc2cccnc21. The zero-order chi connectivity index (χ0) is 11.5. The van der Waals surface area contributed by atoms with Crippen LogP contribution in [-0.4, -0.2) is 26.2 Å². The summed E-state index contributed by atoms with van der Waals surface area (Å²) in [5.41, 5.74) is 7.68. The highest BCUT2D eigenvalue weighted by Crippen LogP contribution is 2.19. The molecule has 2 aromatic rings. The third kappa shape index (κ3) is 1.79. The summed E-state index contributed by atoms with van der Waals surface area (Å²) in [6, 6.07) is 3.54. The first-order chi connectivity index (χ1) is 7.77. The van der Waals surface area contributed by atoms with E-state index in [0.717, 1.165) is 23.5 Å². The number of rotatable bonds is 4. The zero-order valence-corrected chi connectivity index (χ0v) is 9.30. The molecule has 86 valence electrons. The van der Waals surface area contributed by atoms with Crippen LogP contribution in [0.25, 0.3) is 11.2 Å². The Bertz CT molecular complexity index is 480. The van der Waals surface area contributed by atoms with Gasteiger partial charge in [0.15, 0.2) is 5.65 Å². The molecule has 0 spiro atoms. The van der Waals surface area contributed by atoms with E-state index in [9.17, 15) is 0 Å². The second-order valence-corrected chi connectivity index (χ2v) is 3.68. The molecular weight excluding hydrogens is 204 g/mol. The number of aliphatic hydroxyl groups is 1. The number of hydrogen-bond donors (Lipinski definition) is 2. The Morgan fingerprint density at radius 3 is 3.06 bits per heavy atom. The highest BCUT2D eigenvalue weighted by molar-refractivity contribution is 5.71. The third-order valence-corrected chi connectivity index (χ3v) is 2.62. The maximum absolute atomic E-state index is 8.90. The van der Waals surface area contributed by atoms with Gasteiger partial charge in [0, 0.05) is 19.3 Å². The van der Waals surface area contributed by atoms with Crippen LogP contribution in [0.15, 0.2) is 18.3 Å². The maximum Gasteiger partial charge on any atom is 0.160 e. The van der Waals surface area contributed by atoms with Crippen molar-refractivity contribution in [2.24, 2.45) is 5.73 Å². The molecule has 0 saturated carbocycles. The van der Waals surface area contributed by atoms with E-state index in [1.165, 1.54) is 0 Å². The first-order valence-corrected chi connectivity index (χ1v) is 5.45. The van der Waals surface area contributed by atoms with Gasteiger partial charge in [-0.15, -0.1) is 0 Å². The highest BCUT2D eigenvalue weighted by Gasteiger charge is 2.15. The molecular formula is C11H16N4O. The van der Waals surface area contributed by atoms with Gasteiger partial charge < -0.3 is 15.4 Å². The lowest BCUT2D eigenvalue weighted by Crippen LogP contribution is -2.17. The number of imidazole rings is 1. The second kappa shape index (κ2) is 4.59. The minimum Gasteiger partial charge on any atom is -0.396 e. The molecule has 2 rings (SSSR count). The van der Waals surface area contributed by atoms with Gasteiger partial charge in [-0.1, -0.05) is 0 Å². The van der Waals surface area contributed by atoms with Crippen molar-refractivity contribution >= 4 is 11.2 Å². The van der Waals surface area contributed by atoms with Gasteiger partial charge in [0.2, 0.25) is 0 Å². The normalized spacial score (nSPS) is 13.2. The van der Waals surface area contributed by atoms with Crippen molar-refractivity contribution in [2.75, 3.05) is 6.61 Å². The summed E-state index contributed by atoms with van der Waals surface area (Å²) in [6.45, 7) is 2.88. The molecule has 0 amide bonds. The quantitative estimate of drug-likeness (QED) is 0.800. The fraction of sp³-hybridized carbons (Fsp3) is 0.455. The van der Waals surface area contributed by atoms with Gasteiger partial charge in [-0.3, -0.25) is 0 Å². The predicted octanol–water partition coefficient (Wildman–Crippen LogP) is 0.833. The monoisotopic (exact) mass is 220 g/mol. The van der Waals surface area contributed by atoms with Crippen LogP contribution >= 0.6 is 0 Å². The molecule has 0 aromatic carbocycles. The average Bonchev–Trinajstić information content (AvgIpc) is 2.67. The molecule has 0 aliphatic rings. The van der Waals surface area contributed by atoms with Gasteiger partial charge >= 0.3 is 0 Å². The number of fused-ring (bicyclic) bond motifs is 1. The molecule has 0 bridgehead atoms. The van der Waals surface area contributed by atoms with Crippen LogP contribution in [-0.2, 0) is 6.54 Å². The summed E-state index contributed by atoms with van der Waals surface area (Å²) in [5, 5.41) is 8.90. The number of aryl methyl sites for hydroxylation is 1. The van der Waals surface area contributed by atoms with Crippen LogP contribution in [0, 0.1) is 0 Å². The minimum atomic E-state index is -0.237. The van der Waals surface area contributed by atoms with Gasteiger partial charge in [-0.2, -0.15) is 0 Å². The summed E-state index contributed by atoms with van der Waals surface area (Å²) in [5.74, 6) is 0.797. The van der Waals surface area contributed by atoms with Crippen LogP contribution in [0.1, 0.15) is 25.2 Å². The van der Waals surface area contributed by atoms with E-state index in [0.29, 0.717) is 6.42 Å². The van der Waals surface area contributed by atoms with Crippen molar-refractivity contribution in [2.45, 2.75) is 25.9 Å². The Morgan fingerprint density at radius 1 is 1.56 bits per heavy atom. The number of aromatic nitrogens is 3. The molecule has 16 heavy (non-hydrogen) atoms. The van der Waals surface area contributed by atoms with Gasteiger partial charge in [0.05, 0.1) is 6.04 Å². The minimum absolute atomic E-state index is 0.0709. The van der Waals surface area contributed by atoms with E-state index in [4.69, 9.17) is 10.8 Å². The molecule has 0 aliphatic carbocycles. The topological polar surface area (TPSA) is 77.0 Å². The molecule has 2 aromatic heterocycles. The Balaban J connectivity index is 2.51. The smallest absolute Gasteiger partial charge is 0.160 e. The number of pyridine rings is 1. The number of nitrogens with two attached hydrogens (primary N) is 1. The Labute approximate surface area is 93.9 Å². The maximum atomic E-state index is 8.90. The first-order valence-electron chi connectivity index (χ1n) is 5.45. The lowest BCUT2D eigenvalue weighted by atomic mass is 10.2. The van der Waals surface area contributed by atoms with Crippen molar-refractivity contribution in [3.63, 3.8) is 0 Å². The molecule has 3 N–H and O–H groups in total. The van der Waals surface area contributed by atoms with Crippen molar-refractivity contribution < 1.29 is 5.11 Å². The van der Waals surface area contributed by atoms with E-state index in [1.54, 1.807) is 6.20 Å². The van der Waals surface area contributed by atoms with Gasteiger partial charge in [-0.25, -0.2) is 9.97 Å². The number of aliphatic hydroxyl groups excluding tert-OH is 1. The zero-order valence-electron chi connectivity index (χ0n) is 9.30. The molecule has 1 atom stereocenters. The third-order valence-electron chi connectivity index (χ3n) is 2.62. The fourth-order valence-electron chi connectivity index (χ4n) is 1.84. The number of nitrogens with zero attached hydrogens (tertiary/aromatic N) is 3. The highest BCUT2D eigenvalue weighted by atomic mass is 16.3. The van der Waals surface area contributed by atoms with Gasteiger partial charge in [0.25, 0.3) is 0 Å². The van der Waals surface area contributed by atoms with Crippen LogP contribution in [0.4, 0.5) is 0 Å². The molecule has 0 fully saturated rings. The molecule has 1 unspecified atom stereocenters. The second-order valence-electron chi connectivity index (χ2n) is 3.68. The standard InChI is InChI=1S/C11H16N4O/c1-2-15-10(8(12)5-7-16)14-9-4-3-6-13-11(9)15/h3-4,6,8,16H,2,5,7,12H2,1H3. The van der Waals surface area contributed by atoms with Gasteiger partial charge in [-0.05, 0) is 25.5 Å². The summed E-state index contributed by atoms with van der Waals surface area (Å²) in [7, 11) is 0. The molecule has 0 aliphatic heterocycles. The molecule has 0 radical (unpaired) electrons. The lowest BCUT2D eigenvalue weighted by molar-refractivity contribution is 0.273. The Hall–Kier alpha value is -1.46. The Morgan fingerprint density at radius 2 is 2.38 bits per heavy atom. The van der Waals surface area contributed by atoms with E-state index < -0.39 is 0 Å². The average molecular weight is 220 g/mol. The van der Waals surface area contributed by atoms with E-state index in [1.807, 2.05) is 23.6 Å². The van der Waals surface area contributed by atoms with Crippen LogP contribution in [0.5, 0.6) is 0 Å². The van der Waals surface area contributed by atoms with Crippen LogP contribution in [0.2, 0.25) is 0 Å². The first kappa shape index (κ1) is 11.0. The van der Waals surface area contributed by atoms with E-state index >= 15 is 0 Å². The number of hydrogen-bond acceptors (Lipinski definition) is 4. The van der Waals surface area contributed by atoms with Crippen molar-refractivity contribution in [1.29, 1.82) is 0 Å². The van der Waals surface area contributed by atoms with Crippen LogP contribution < -0.4 is 5.73 Å². The summed E-state index contributed by atoms with van der Waals surface area (Å²) in [6.07, 6.45) is 2.26. The molecule has 2 heterocycles. The van der Waals surface area contributed by atoms with Crippen molar-refractivity contribution in [3.05, 3.63) is 24.2 Å². The summed E-state index contributed by atoms with van der Waals surface area (Å²) in [4.78, 5) is 8.76. The van der Waals surface area contributed by atoms with E-state index in [-0.39, 0.29) is 12.6 Å². The Kier molecular flexibility index (Phi) is 3.17. The molecule has 5 nitrogen and oxygen atoms in total. The largest absolute Gasteiger partial charge is 0.396 e. The van der Waals surface area contributed by atoms with Crippen LogP contribution in [0.3, 0.4) is 0 Å². The fourth-order valence-corrected chi connectivity index (χ4v) is 1.84. The summed E-state index contributed by atoms with van der Waals surface area (Å²) < 4.78 is 2.00. The predicted molar refractivity (Wildman–Crippen MR) is 61.8 cm³/mol. The van der Waals surface area contributed by atoms with Crippen molar-refractivity contribution in [3.8, 4) is 0 Å². The summed E-state index contributed by atoms with van der Waals surface area (Å²) >= 11 is 0.